The van der Waals surface area contributed by atoms with Crippen molar-refractivity contribution in [2.45, 2.75) is 26.8 Å². The lowest BCUT2D eigenvalue weighted by molar-refractivity contribution is -0.128. The first-order valence-electron chi connectivity index (χ1n) is 8.07. The maximum atomic E-state index is 12.4. The van der Waals surface area contributed by atoms with Gasteiger partial charge in [0.25, 0.3) is 0 Å². The molecule has 0 radical (unpaired) electrons. The molecule has 1 atom stereocenters. The Bertz CT molecular complexity index is 764. The molecule has 2 amide bonds. The molecule has 1 unspecified atom stereocenters. The fraction of sp³-hybridized carbons (Fsp3) is 0.389. The Labute approximate surface area is 141 Å². The van der Waals surface area contributed by atoms with E-state index in [4.69, 9.17) is 0 Å². The maximum Gasteiger partial charge on any atom is 0.230 e. The van der Waals surface area contributed by atoms with E-state index in [1.54, 1.807) is 16.6 Å². The summed E-state index contributed by atoms with van der Waals surface area (Å²) >= 11 is 0. The highest BCUT2D eigenvalue weighted by atomic mass is 16.2. The number of likely N-dealkylation sites (tertiary alicyclic amines) is 1. The van der Waals surface area contributed by atoms with Crippen LogP contribution in [-0.2, 0) is 23.2 Å². The zero-order valence-corrected chi connectivity index (χ0v) is 14.2. The van der Waals surface area contributed by atoms with Gasteiger partial charge in [0, 0.05) is 32.6 Å². The van der Waals surface area contributed by atoms with E-state index in [9.17, 15) is 9.59 Å². The first-order valence-corrected chi connectivity index (χ1v) is 8.07. The zero-order chi connectivity index (χ0) is 17.3. The molecule has 1 aromatic carbocycles. The summed E-state index contributed by atoms with van der Waals surface area (Å²) in [6.07, 6.45) is 0.258. The van der Waals surface area contributed by atoms with Crippen molar-refractivity contribution in [3.8, 4) is 0 Å². The molecule has 1 N–H and O–H groups in total. The van der Waals surface area contributed by atoms with Crippen LogP contribution in [0.4, 0.5) is 5.82 Å². The van der Waals surface area contributed by atoms with E-state index in [-0.39, 0.29) is 24.2 Å². The van der Waals surface area contributed by atoms with Gasteiger partial charge in [0.15, 0.2) is 0 Å². The monoisotopic (exact) mass is 326 g/mol. The van der Waals surface area contributed by atoms with Gasteiger partial charge in [0.1, 0.15) is 5.82 Å². The second-order valence-electron chi connectivity index (χ2n) is 6.44. The molecule has 6 nitrogen and oxygen atoms in total. The second-order valence-corrected chi connectivity index (χ2v) is 6.44. The number of carbonyl (C=O) groups excluding carboxylic acids is 2. The fourth-order valence-electron chi connectivity index (χ4n) is 2.97. The lowest BCUT2D eigenvalue weighted by atomic mass is 10.1. The maximum absolute atomic E-state index is 12.4. The molecule has 1 aromatic heterocycles. The molecule has 24 heavy (non-hydrogen) atoms. The number of hydrogen-bond acceptors (Lipinski definition) is 3. The number of nitrogens with zero attached hydrogens (tertiary/aromatic N) is 3. The Kier molecular flexibility index (Phi) is 4.38. The summed E-state index contributed by atoms with van der Waals surface area (Å²) in [6.45, 7) is 4.91. The average molecular weight is 326 g/mol. The minimum absolute atomic E-state index is 0.0249. The normalized spacial score (nSPS) is 17.4. The Hall–Kier alpha value is -2.63. The van der Waals surface area contributed by atoms with Gasteiger partial charge in [-0.05, 0) is 19.4 Å². The minimum Gasteiger partial charge on any atom is -0.338 e. The summed E-state index contributed by atoms with van der Waals surface area (Å²) in [5.41, 5.74) is 3.11. The van der Waals surface area contributed by atoms with Gasteiger partial charge in [-0.3, -0.25) is 14.3 Å². The lowest BCUT2D eigenvalue weighted by Crippen LogP contribution is -2.28. The van der Waals surface area contributed by atoms with Crippen molar-refractivity contribution < 1.29 is 9.59 Å². The van der Waals surface area contributed by atoms with Crippen LogP contribution in [0.25, 0.3) is 0 Å². The second kappa shape index (κ2) is 6.47. The molecule has 126 valence electrons. The van der Waals surface area contributed by atoms with Crippen LogP contribution in [0, 0.1) is 19.8 Å². The number of anilines is 1. The predicted molar refractivity (Wildman–Crippen MR) is 91.3 cm³/mol. The van der Waals surface area contributed by atoms with Crippen LogP contribution in [0.1, 0.15) is 23.2 Å². The molecule has 6 heteroatoms. The zero-order valence-electron chi connectivity index (χ0n) is 14.2. The number of amides is 2. The summed E-state index contributed by atoms with van der Waals surface area (Å²) in [4.78, 5) is 26.4. The summed E-state index contributed by atoms with van der Waals surface area (Å²) in [5.74, 6) is 0.231. The summed E-state index contributed by atoms with van der Waals surface area (Å²) in [7, 11) is 1.78. The number of aryl methyl sites for hydroxylation is 3. The molecule has 2 heterocycles. The number of carbonyl (C=O) groups is 2. The van der Waals surface area contributed by atoms with Gasteiger partial charge in [-0.1, -0.05) is 29.8 Å². The average Bonchev–Trinajstić information content (AvgIpc) is 3.04. The van der Waals surface area contributed by atoms with Crippen molar-refractivity contribution >= 4 is 17.6 Å². The summed E-state index contributed by atoms with van der Waals surface area (Å²) < 4.78 is 1.63. The van der Waals surface area contributed by atoms with Gasteiger partial charge in [-0.25, -0.2) is 0 Å². The molecule has 1 aliphatic heterocycles. The topological polar surface area (TPSA) is 67.2 Å². The van der Waals surface area contributed by atoms with E-state index in [1.807, 2.05) is 44.2 Å². The first kappa shape index (κ1) is 16.2. The molecule has 0 bridgehead atoms. The molecular weight excluding hydrogens is 304 g/mol. The van der Waals surface area contributed by atoms with E-state index in [2.05, 4.69) is 10.4 Å². The van der Waals surface area contributed by atoms with Gasteiger partial charge in [0.05, 0.1) is 11.6 Å². The van der Waals surface area contributed by atoms with Crippen molar-refractivity contribution in [3.63, 3.8) is 0 Å². The van der Waals surface area contributed by atoms with E-state index in [0.717, 1.165) is 11.3 Å². The van der Waals surface area contributed by atoms with Crippen LogP contribution in [0.5, 0.6) is 0 Å². The molecule has 1 fully saturated rings. The Balaban J connectivity index is 1.62. The van der Waals surface area contributed by atoms with Gasteiger partial charge in [-0.15, -0.1) is 0 Å². The van der Waals surface area contributed by atoms with E-state index >= 15 is 0 Å². The van der Waals surface area contributed by atoms with Gasteiger partial charge in [0.2, 0.25) is 11.8 Å². The third-order valence-electron chi connectivity index (χ3n) is 4.33. The Morgan fingerprint density at radius 1 is 1.29 bits per heavy atom. The Morgan fingerprint density at radius 2 is 2.00 bits per heavy atom. The van der Waals surface area contributed by atoms with Crippen LogP contribution in [0.3, 0.4) is 0 Å². The predicted octanol–water partition coefficient (Wildman–Crippen LogP) is 2.02. The van der Waals surface area contributed by atoms with Crippen LogP contribution in [0.2, 0.25) is 0 Å². The molecule has 2 aromatic rings. The van der Waals surface area contributed by atoms with Crippen LogP contribution in [0.15, 0.2) is 30.3 Å². The summed E-state index contributed by atoms with van der Waals surface area (Å²) in [6, 6.07) is 9.93. The van der Waals surface area contributed by atoms with Gasteiger partial charge in [-0.2, -0.15) is 5.10 Å². The lowest BCUT2D eigenvalue weighted by Gasteiger charge is -2.17. The fourth-order valence-corrected chi connectivity index (χ4v) is 2.97. The third-order valence-corrected chi connectivity index (χ3v) is 4.33. The number of nitrogens with one attached hydrogen (secondary N) is 1. The smallest absolute Gasteiger partial charge is 0.230 e. The highest BCUT2D eigenvalue weighted by Crippen LogP contribution is 2.22. The van der Waals surface area contributed by atoms with Crippen molar-refractivity contribution in [2.24, 2.45) is 13.0 Å². The molecule has 0 saturated carbocycles. The van der Waals surface area contributed by atoms with Crippen molar-refractivity contribution in [2.75, 3.05) is 11.9 Å². The first-order chi connectivity index (χ1) is 11.4. The number of hydrogen-bond donors (Lipinski definition) is 1. The van der Waals surface area contributed by atoms with Crippen LogP contribution >= 0.6 is 0 Å². The van der Waals surface area contributed by atoms with Crippen molar-refractivity contribution in [3.05, 3.63) is 47.2 Å². The molecule has 0 spiro atoms. The molecule has 1 aliphatic rings. The van der Waals surface area contributed by atoms with Gasteiger partial charge < -0.3 is 10.2 Å². The number of benzene rings is 1. The molecule has 3 rings (SSSR count). The molecule has 1 saturated heterocycles. The standard InChI is InChI=1S/C18H22N4O2/c1-12-4-6-14(7-5-12)10-22-11-15(9-17(22)23)18(24)19-16-8-13(2)20-21(16)3/h4-8,15H,9-11H2,1-3H3,(H,19,24). The highest BCUT2D eigenvalue weighted by molar-refractivity contribution is 5.96. The molecular formula is C18H22N4O2. The summed E-state index contributed by atoms with van der Waals surface area (Å²) in [5, 5.41) is 7.08. The van der Waals surface area contributed by atoms with E-state index < -0.39 is 0 Å². The third kappa shape index (κ3) is 3.48. The SMILES string of the molecule is Cc1ccc(CN2CC(C(=O)Nc3cc(C)nn3C)CC2=O)cc1. The number of rotatable bonds is 4. The van der Waals surface area contributed by atoms with Crippen LogP contribution < -0.4 is 5.32 Å². The minimum atomic E-state index is -0.321. The van der Waals surface area contributed by atoms with Gasteiger partial charge >= 0.3 is 0 Å². The van der Waals surface area contributed by atoms with Crippen molar-refractivity contribution in [1.29, 1.82) is 0 Å². The highest BCUT2D eigenvalue weighted by Gasteiger charge is 2.34. The largest absolute Gasteiger partial charge is 0.338 e. The molecule has 0 aliphatic carbocycles. The van der Waals surface area contributed by atoms with Crippen molar-refractivity contribution in [1.82, 2.24) is 14.7 Å². The van der Waals surface area contributed by atoms with E-state index in [1.165, 1.54) is 5.56 Å². The number of aromatic nitrogens is 2. The Morgan fingerprint density at radius 3 is 2.62 bits per heavy atom. The quantitative estimate of drug-likeness (QED) is 0.935. The van der Waals surface area contributed by atoms with Crippen LogP contribution in [-0.4, -0.2) is 33.0 Å². The van der Waals surface area contributed by atoms with E-state index in [0.29, 0.717) is 18.9 Å².